The summed E-state index contributed by atoms with van der Waals surface area (Å²) in [6.07, 6.45) is 1.76. The third-order valence-electron chi connectivity index (χ3n) is 2.61. The van der Waals surface area contributed by atoms with Gasteiger partial charge in [-0.15, -0.1) is 0 Å². The van der Waals surface area contributed by atoms with E-state index in [4.69, 9.17) is 17.3 Å². The van der Waals surface area contributed by atoms with E-state index in [0.29, 0.717) is 5.02 Å². The van der Waals surface area contributed by atoms with Crippen LogP contribution in [0.3, 0.4) is 0 Å². The minimum Gasteiger partial charge on any atom is -0.319 e. The molecule has 1 aromatic carbocycles. The Labute approximate surface area is 114 Å². The normalized spacial score (nSPS) is 12.5. The minimum absolute atomic E-state index is 0.222. The van der Waals surface area contributed by atoms with E-state index in [-0.39, 0.29) is 6.04 Å². The number of aryl methyl sites for hydroxylation is 1. The molecule has 0 spiro atoms. The summed E-state index contributed by atoms with van der Waals surface area (Å²) in [6, 6.07) is 9.32. The van der Waals surface area contributed by atoms with Crippen LogP contribution in [0.25, 0.3) is 0 Å². The van der Waals surface area contributed by atoms with Gasteiger partial charge in [-0.2, -0.15) is 0 Å². The SMILES string of the molecule is Cc1cc(Br)cnc1[C@@H](N)c1ccc(Cl)cc1. The Hall–Kier alpha value is -0.900. The molecule has 0 aliphatic rings. The summed E-state index contributed by atoms with van der Waals surface area (Å²) in [5.41, 5.74) is 9.16. The number of benzene rings is 1. The molecule has 2 N–H and O–H groups in total. The van der Waals surface area contributed by atoms with Crippen LogP contribution in [0.4, 0.5) is 0 Å². The van der Waals surface area contributed by atoms with Gasteiger partial charge in [0.2, 0.25) is 0 Å². The topological polar surface area (TPSA) is 38.9 Å². The molecule has 2 nitrogen and oxygen atoms in total. The Morgan fingerprint density at radius 1 is 1.29 bits per heavy atom. The first-order valence-corrected chi connectivity index (χ1v) is 6.38. The van der Waals surface area contributed by atoms with Crippen molar-refractivity contribution in [3.8, 4) is 0 Å². The molecular weight excluding hydrogens is 300 g/mol. The van der Waals surface area contributed by atoms with Crippen molar-refractivity contribution in [1.29, 1.82) is 0 Å². The zero-order chi connectivity index (χ0) is 12.4. The standard InChI is InChI=1S/C13H12BrClN2/c1-8-6-10(14)7-17-13(8)12(16)9-2-4-11(15)5-3-9/h2-7,12H,16H2,1H3/t12-/m0/s1. The Bertz CT molecular complexity index is 525. The molecule has 0 aliphatic heterocycles. The fraction of sp³-hybridized carbons (Fsp3) is 0.154. The van der Waals surface area contributed by atoms with E-state index in [2.05, 4.69) is 20.9 Å². The number of nitrogens with two attached hydrogens (primary N) is 1. The lowest BCUT2D eigenvalue weighted by Gasteiger charge is -2.14. The molecule has 2 aromatic rings. The molecule has 4 heteroatoms. The molecule has 0 aliphatic carbocycles. The van der Waals surface area contributed by atoms with Crippen molar-refractivity contribution < 1.29 is 0 Å². The predicted molar refractivity (Wildman–Crippen MR) is 74.2 cm³/mol. The summed E-state index contributed by atoms with van der Waals surface area (Å²) >= 11 is 9.24. The number of hydrogen-bond acceptors (Lipinski definition) is 2. The molecule has 0 fully saturated rings. The van der Waals surface area contributed by atoms with Crippen molar-refractivity contribution in [3.05, 3.63) is 62.8 Å². The van der Waals surface area contributed by atoms with Crippen LogP contribution in [-0.2, 0) is 0 Å². The van der Waals surface area contributed by atoms with Crippen molar-refractivity contribution in [2.45, 2.75) is 13.0 Å². The maximum absolute atomic E-state index is 6.20. The zero-order valence-electron chi connectivity index (χ0n) is 9.32. The van der Waals surface area contributed by atoms with Crippen molar-refractivity contribution in [3.63, 3.8) is 0 Å². The first-order chi connectivity index (χ1) is 8.08. The molecule has 2 rings (SSSR count). The smallest absolute Gasteiger partial charge is 0.0729 e. The second-order valence-corrected chi connectivity index (χ2v) is 5.24. The average Bonchev–Trinajstić information content (AvgIpc) is 2.29. The number of halogens is 2. The van der Waals surface area contributed by atoms with Crippen LogP contribution in [0.5, 0.6) is 0 Å². The van der Waals surface area contributed by atoms with E-state index in [1.165, 1.54) is 0 Å². The summed E-state index contributed by atoms with van der Waals surface area (Å²) in [6.45, 7) is 2.00. The monoisotopic (exact) mass is 310 g/mol. The van der Waals surface area contributed by atoms with E-state index in [1.807, 2.05) is 37.3 Å². The summed E-state index contributed by atoms with van der Waals surface area (Å²) in [5.74, 6) is 0. The van der Waals surface area contributed by atoms with Crippen LogP contribution in [-0.4, -0.2) is 4.98 Å². The lowest BCUT2D eigenvalue weighted by molar-refractivity contribution is 0.816. The quantitative estimate of drug-likeness (QED) is 0.915. The molecule has 0 amide bonds. The van der Waals surface area contributed by atoms with Gasteiger partial charge >= 0.3 is 0 Å². The maximum Gasteiger partial charge on any atom is 0.0729 e. The molecule has 0 unspecified atom stereocenters. The molecule has 0 bridgehead atoms. The number of aromatic nitrogens is 1. The predicted octanol–water partition coefficient (Wildman–Crippen LogP) is 3.85. The fourth-order valence-electron chi connectivity index (χ4n) is 1.70. The first-order valence-electron chi connectivity index (χ1n) is 5.21. The largest absolute Gasteiger partial charge is 0.319 e. The van der Waals surface area contributed by atoms with Gasteiger partial charge < -0.3 is 5.73 Å². The first kappa shape index (κ1) is 12.6. The van der Waals surface area contributed by atoms with E-state index in [1.54, 1.807) is 6.20 Å². The van der Waals surface area contributed by atoms with Crippen LogP contribution in [0, 0.1) is 6.92 Å². The van der Waals surface area contributed by atoms with Crippen LogP contribution in [0.15, 0.2) is 41.0 Å². The van der Waals surface area contributed by atoms with Gasteiger partial charge in [0.05, 0.1) is 11.7 Å². The van der Waals surface area contributed by atoms with Crippen LogP contribution in [0.1, 0.15) is 22.9 Å². The summed E-state index contributed by atoms with van der Waals surface area (Å²) in [4.78, 5) is 4.37. The third kappa shape index (κ3) is 2.86. The summed E-state index contributed by atoms with van der Waals surface area (Å²) in [7, 11) is 0. The third-order valence-corrected chi connectivity index (χ3v) is 3.29. The second kappa shape index (κ2) is 5.17. The highest BCUT2D eigenvalue weighted by atomic mass is 79.9. The Morgan fingerprint density at radius 3 is 2.53 bits per heavy atom. The lowest BCUT2D eigenvalue weighted by atomic mass is 10.0. The highest BCUT2D eigenvalue weighted by Gasteiger charge is 2.12. The lowest BCUT2D eigenvalue weighted by Crippen LogP contribution is -2.14. The molecule has 17 heavy (non-hydrogen) atoms. The second-order valence-electron chi connectivity index (χ2n) is 3.88. The van der Waals surface area contributed by atoms with E-state index in [9.17, 15) is 0 Å². The van der Waals surface area contributed by atoms with Crippen molar-refractivity contribution in [2.24, 2.45) is 5.73 Å². The van der Waals surface area contributed by atoms with Gasteiger partial charge in [-0.3, -0.25) is 4.98 Å². The van der Waals surface area contributed by atoms with Gasteiger partial charge in [-0.25, -0.2) is 0 Å². The molecule has 1 heterocycles. The number of hydrogen-bond donors (Lipinski definition) is 1. The molecule has 1 atom stereocenters. The van der Waals surface area contributed by atoms with E-state index in [0.717, 1.165) is 21.3 Å². The molecular formula is C13H12BrClN2. The zero-order valence-corrected chi connectivity index (χ0v) is 11.7. The Balaban J connectivity index is 2.36. The molecule has 88 valence electrons. The van der Waals surface area contributed by atoms with Gasteiger partial charge in [0.25, 0.3) is 0 Å². The van der Waals surface area contributed by atoms with Crippen LogP contribution >= 0.6 is 27.5 Å². The fourth-order valence-corrected chi connectivity index (χ4v) is 2.28. The van der Waals surface area contributed by atoms with Crippen LogP contribution < -0.4 is 5.73 Å². The summed E-state index contributed by atoms with van der Waals surface area (Å²) in [5, 5.41) is 0.710. The highest BCUT2D eigenvalue weighted by molar-refractivity contribution is 9.10. The van der Waals surface area contributed by atoms with Crippen LogP contribution in [0.2, 0.25) is 5.02 Å². The molecule has 1 aromatic heterocycles. The van der Waals surface area contributed by atoms with Crippen molar-refractivity contribution in [1.82, 2.24) is 4.98 Å². The van der Waals surface area contributed by atoms with E-state index < -0.39 is 0 Å². The van der Waals surface area contributed by atoms with Crippen molar-refractivity contribution in [2.75, 3.05) is 0 Å². The van der Waals surface area contributed by atoms with Crippen molar-refractivity contribution >= 4 is 27.5 Å². The van der Waals surface area contributed by atoms with Gasteiger partial charge in [-0.1, -0.05) is 23.7 Å². The van der Waals surface area contributed by atoms with E-state index >= 15 is 0 Å². The highest BCUT2D eigenvalue weighted by Crippen LogP contribution is 2.23. The number of nitrogens with zero attached hydrogens (tertiary/aromatic N) is 1. The van der Waals surface area contributed by atoms with Gasteiger partial charge in [0, 0.05) is 15.7 Å². The number of rotatable bonds is 2. The average molecular weight is 312 g/mol. The van der Waals surface area contributed by atoms with Gasteiger partial charge in [-0.05, 0) is 52.2 Å². The summed E-state index contributed by atoms with van der Waals surface area (Å²) < 4.78 is 0.960. The molecule has 0 saturated carbocycles. The van der Waals surface area contributed by atoms with Gasteiger partial charge in [0.1, 0.15) is 0 Å². The molecule has 0 radical (unpaired) electrons. The molecule has 0 saturated heterocycles. The number of pyridine rings is 1. The Kier molecular flexibility index (Phi) is 3.82. The minimum atomic E-state index is -0.222. The maximum atomic E-state index is 6.20. The Morgan fingerprint density at radius 2 is 1.94 bits per heavy atom. The van der Waals surface area contributed by atoms with Gasteiger partial charge in [0.15, 0.2) is 0 Å².